The van der Waals surface area contributed by atoms with E-state index in [1.807, 2.05) is 37.3 Å². The summed E-state index contributed by atoms with van der Waals surface area (Å²) in [4.78, 5) is 15.9. The molecular formula is C18H20N2O2. The monoisotopic (exact) mass is 296 g/mol. The lowest BCUT2D eigenvalue weighted by Crippen LogP contribution is -2.30. The van der Waals surface area contributed by atoms with Crippen LogP contribution in [0.15, 0.2) is 48.7 Å². The molecular weight excluding hydrogens is 276 g/mol. The number of aliphatic hydroxyl groups excluding tert-OH is 1. The third-order valence-corrected chi connectivity index (χ3v) is 4.21. The highest BCUT2D eigenvalue weighted by molar-refractivity contribution is 5.95. The molecule has 4 nitrogen and oxygen atoms in total. The van der Waals surface area contributed by atoms with Crippen LogP contribution in [0, 0.1) is 0 Å². The average Bonchev–Trinajstić information content (AvgIpc) is 3.35. The molecule has 2 N–H and O–H groups in total. The van der Waals surface area contributed by atoms with Gasteiger partial charge in [-0.15, -0.1) is 0 Å². The van der Waals surface area contributed by atoms with Gasteiger partial charge in [0.25, 0.3) is 0 Å². The standard InChI is InChI=1S/C18H20N2O2/c1-2-15(21)14-8-9-16(19-12-14)20-18(10-11-18)17(22)13-6-4-3-5-7-13/h3-9,12,17,22H,2,10-11H2,1H3,(H,19,20). The fourth-order valence-corrected chi connectivity index (χ4v) is 2.65. The summed E-state index contributed by atoms with van der Waals surface area (Å²) in [5.74, 6) is 0.782. The van der Waals surface area contributed by atoms with Gasteiger partial charge in [0.05, 0.1) is 5.54 Å². The maximum Gasteiger partial charge on any atom is 0.164 e. The van der Waals surface area contributed by atoms with E-state index in [1.54, 1.807) is 18.3 Å². The molecule has 0 amide bonds. The summed E-state index contributed by atoms with van der Waals surface area (Å²) < 4.78 is 0. The number of carbonyl (C=O) groups is 1. The number of rotatable bonds is 6. The van der Waals surface area contributed by atoms with Gasteiger partial charge in [-0.3, -0.25) is 4.79 Å². The summed E-state index contributed by atoms with van der Waals surface area (Å²) in [6.45, 7) is 1.84. The number of pyridine rings is 1. The van der Waals surface area contributed by atoms with Gasteiger partial charge in [-0.25, -0.2) is 4.98 Å². The maximum absolute atomic E-state index is 11.6. The summed E-state index contributed by atoms with van der Waals surface area (Å²) >= 11 is 0. The second-order valence-electron chi connectivity index (χ2n) is 5.80. The first-order valence-electron chi connectivity index (χ1n) is 7.65. The maximum atomic E-state index is 11.6. The van der Waals surface area contributed by atoms with Gasteiger partial charge in [-0.2, -0.15) is 0 Å². The minimum atomic E-state index is -0.563. The Kier molecular flexibility index (Phi) is 3.94. The average molecular weight is 296 g/mol. The van der Waals surface area contributed by atoms with Crippen LogP contribution in [0.5, 0.6) is 0 Å². The molecule has 1 aromatic heterocycles. The molecule has 4 heteroatoms. The fraction of sp³-hybridized carbons (Fsp3) is 0.333. The number of nitrogens with zero attached hydrogens (tertiary/aromatic N) is 1. The Hall–Kier alpha value is -2.20. The van der Waals surface area contributed by atoms with Crippen LogP contribution in [0.1, 0.15) is 48.2 Å². The second kappa shape index (κ2) is 5.89. The Morgan fingerprint density at radius 2 is 2.00 bits per heavy atom. The van der Waals surface area contributed by atoms with Gasteiger partial charge >= 0.3 is 0 Å². The van der Waals surface area contributed by atoms with Crippen LogP contribution in [-0.2, 0) is 0 Å². The summed E-state index contributed by atoms with van der Waals surface area (Å²) in [5.41, 5.74) is 1.19. The highest BCUT2D eigenvalue weighted by Crippen LogP contribution is 2.48. The Balaban J connectivity index is 1.74. The third-order valence-electron chi connectivity index (χ3n) is 4.21. The lowest BCUT2D eigenvalue weighted by Gasteiger charge is -2.24. The first-order chi connectivity index (χ1) is 10.6. The fourth-order valence-electron chi connectivity index (χ4n) is 2.65. The topological polar surface area (TPSA) is 62.2 Å². The van der Waals surface area contributed by atoms with Crippen molar-refractivity contribution in [2.75, 3.05) is 5.32 Å². The van der Waals surface area contributed by atoms with Crippen LogP contribution in [-0.4, -0.2) is 21.4 Å². The van der Waals surface area contributed by atoms with Crippen molar-refractivity contribution in [1.82, 2.24) is 4.98 Å². The number of hydrogen-bond acceptors (Lipinski definition) is 4. The zero-order valence-electron chi connectivity index (χ0n) is 12.6. The Bertz CT molecular complexity index is 649. The number of hydrogen-bond donors (Lipinski definition) is 2. The number of Topliss-reactive ketones (excluding diaryl/α,β-unsaturated/α-hetero) is 1. The van der Waals surface area contributed by atoms with Gasteiger partial charge in [0.15, 0.2) is 5.78 Å². The van der Waals surface area contributed by atoms with E-state index in [4.69, 9.17) is 0 Å². The molecule has 0 spiro atoms. The molecule has 1 aromatic carbocycles. The van der Waals surface area contributed by atoms with E-state index >= 15 is 0 Å². The number of aliphatic hydroxyl groups is 1. The van der Waals surface area contributed by atoms with Crippen molar-refractivity contribution in [3.05, 3.63) is 59.8 Å². The summed E-state index contributed by atoms with van der Waals surface area (Å²) in [5, 5.41) is 13.9. The van der Waals surface area contributed by atoms with Crippen molar-refractivity contribution < 1.29 is 9.90 Å². The minimum Gasteiger partial charge on any atom is -0.386 e. The van der Waals surface area contributed by atoms with Crippen molar-refractivity contribution in [2.24, 2.45) is 0 Å². The van der Waals surface area contributed by atoms with Crippen LogP contribution >= 0.6 is 0 Å². The Labute approximate surface area is 130 Å². The van der Waals surface area contributed by atoms with E-state index in [0.29, 0.717) is 17.8 Å². The van der Waals surface area contributed by atoms with Crippen molar-refractivity contribution in [2.45, 2.75) is 37.8 Å². The van der Waals surface area contributed by atoms with Gasteiger partial charge in [0.2, 0.25) is 0 Å². The molecule has 3 rings (SSSR count). The van der Waals surface area contributed by atoms with E-state index in [9.17, 15) is 9.90 Å². The first kappa shape index (κ1) is 14.7. The molecule has 0 bridgehead atoms. The van der Waals surface area contributed by atoms with Crippen LogP contribution in [0.4, 0.5) is 5.82 Å². The molecule has 1 aliphatic carbocycles. The van der Waals surface area contributed by atoms with Gasteiger partial charge < -0.3 is 10.4 Å². The zero-order valence-corrected chi connectivity index (χ0v) is 12.6. The van der Waals surface area contributed by atoms with Crippen molar-refractivity contribution in [3.63, 3.8) is 0 Å². The van der Waals surface area contributed by atoms with Crippen molar-refractivity contribution in [3.8, 4) is 0 Å². The molecule has 22 heavy (non-hydrogen) atoms. The van der Waals surface area contributed by atoms with Gasteiger partial charge in [-0.05, 0) is 30.5 Å². The molecule has 1 aliphatic rings. The highest BCUT2D eigenvalue weighted by atomic mass is 16.3. The SMILES string of the molecule is CCC(=O)c1ccc(NC2(C(O)c3ccccc3)CC2)nc1. The van der Waals surface area contributed by atoms with E-state index in [-0.39, 0.29) is 11.3 Å². The lowest BCUT2D eigenvalue weighted by atomic mass is 10.0. The molecule has 1 unspecified atom stereocenters. The van der Waals surface area contributed by atoms with Crippen molar-refractivity contribution in [1.29, 1.82) is 0 Å². The molecule has 1 atom stereocenters. The number of nitrogens with one attached hydrogen (secondary N) is 1. The summed E-state index contributed by atoms with van der Waals surface area (Å²) in [6, 6.07) is 13.3. The molecule has 1 heterocycles. The predicted octanol–water partition coefficient (Wildman–Crippen LogP) is 3.35. The van der Waals surface area contributed by atoms with Crippen molar-refractivity contribution >= 4 is 11.6 Å². The van der Waals surface area contributed by atoms with E-state index in [2.05, 4.69) is 10.3 Å². The zero-order chi connectivity index (χ0) is 15.6. The number of anilines is 1. The van der Waals surface area contributed by atoms with Crippen LogP contribution < -0.4 is 5.32 Å². The Morgan fingerprint density at radius 1 is 1.27 bits per heavy atom. The van der Waals surface area contributed by atoms with Crippen LogP contribution in [0.25, 0.3) is 0 Å². The van der Waals surface area contributed by atoms with E-state index in [1.165, 1.54) is 0 Å². The first-order valence-corrected chi connectivity index (χ1v) is 7.65. The third kappa shape index (κ3) is 2.88. The normalized spacial score (nSPS) is 16.8. The van der Waals surface area contributed by atoms with Crippen LogP contribution in [0.3, 0.4) is 0 Å². The summed E-state index contributed by atoms with van der Waals surface area (Å²) in [7, 11) is 0. The largest absolute Gasteiger partial charge is 0.386 e. The second-order valence-corrected chi connectivity index (χ2v) is 5.80. The van der Waals surface area contributed by atoms with Crippen LogP contribution in [0.2, 0.25) is 0 Å². The molecule has 2 aromatic rings. The lowest BCUT2D eigenvalue weighted by molar-refractivity contribution is 0.0988. The molecule has 0 saturated heterocycles. The van der Waals surface area contributed by atoms with Gasteiger partial charge in [-0.1, -0.05) is 37.3 Å². The number of ketones is 1. The highest BCUT2D eigenvalue weighted by Gasteiger charge is 2.49. The molecule has 0 aliphatic heterocycles. The summed E-state index contributed by atoms with van der Waals surface area (Å²) in [6.07, 6.45) is 3.32. The van der Waals surface area contributed by atoms with Gasteiger partial charge in [0.1, 0.15) is 11.9 Å². The Morgan fingerprint density at radius 3 is 2.55 bits per heavy atom. The molecule has 1 saturated carbocycles. The van der Waals surface area contributed by atoms with E-state index < -0.39 is 6.10 Å². The molecule has 114 valence electrons. The predicted molar refractivity (Wildman–Crippen MR) is 85.8 cm³/mol. The number of carbonyl (C=O) groups excluding carboxylic acids is 1. The number of aromatic nitrogens is 1. The van der Waals surface area contributed by atoms with E-state index in [0.717, 1.165) is 18.4 Å². The quantitative estimate of drug-likeness (QED) is 0.802. The smallest absolute Gasteiger partial charge is 0.164 e. The minimum absolute atomic E-state index is 0.0875. The molecule has 0 radical (unpaired) electrons. The number of benzene rings is 1. The molecule has 1 fully saturated rings. The van der Waals surface area contributed by atoms with Gasteiger partial charge in [0, 0.05) is 18.2 Å².